The Balaban J connectivity index is 2.13. The van der Waals surface area contributed by atoms with Crippen LogP contribution in [0.25, 0.3) is 16.6 Å². The van der Waals surface area contributed by atoms with Crippen molar-refractivity contribution in [2.24, 2.45) is 11.7 Å². The third-order valence-corrected chi connectivity index (χ3v) is 4.80. The number of amides is 1. The molecule has 3 aromatic rings. The maximum Gasteiger partial charge on any atom is 0.277 e. The van der Waals surface area contributed by atoms with Crippen molar-refractivity contribution in [3.8, 4) is 0 Å². The van der Waals surface area contributed by atoms with Crippen LogP contribution in [0.1, 0.15) is 44.5 Å². The van der Waals surface area contributed by atoms with E-state index in [1.54, 1.807) is 10.8 Å². The summed E-state index contributed by atoms with van der Waals surface area (Å²) in [4.78, 5) is 29.4. The Morgan fingerprint density at radius 3 is 2.46 bits per heavy atom. The summed E-state index contributed by atoms with van der Waals surface area (Å²) in [6.07, 6.45) is 3.52. The molecule has 0 spiro atoms. The first-order valence-corrected chi connectivity index (χ1v) is 8.30. The van der Waals surface area contributed by atoms with E-state index in [-0.39, 0.29) is 23.4 Å². The summed E-state index contributed by atoms with van der Waals surface area (Å²) >= 11 is 0. The van der Waals surface area contributed by atoms with Crippen molar-refractivity contribution in [2.75, 3.05) is 0 Å². The minimum Gasteiger partial charge on any atom is -0.369 e. The fourth-order valence-electron chi connectivity index (χ4n) is 3.59. The highest BCUT2D eigenvalue weighted by atomic mass is 16.1. The van der Waals surface area contributed by atoms with Crippen LogP contribution in [0.3, 0.4) is 0 Å². The highest BCUT2D eigenvalue weighted by Crippen LogP contribution is 2.42. The van der Waals surface area contributed by atoms with Crippen LogP contribution in [-0.2, 0) is 4.79 Å². The number of hydrogen-bond acceptors (Lipinski definition) is 3. The van der Waals surface area contributed by atoms with Gasteiger partial charge in [-0.3, -0.25) is 14.0 Å². The van der Waals surface area contributed by atoms with E-state index in [9.17, 15) is 9.59 Å². The Kier molecular flexibility index (Phi) is 3.23. The number of primary amides is 1. The number of imidazole rings is 1. The topological polar surface area (TPSA) is 82.4 Å². The van der Waals surface area contributed by atoms with Crippen molar-refractivity contribution in [1.82, 2.24) is 14.0 Å². The van der Waals surface area contributed by atoms with Crippen molar-refractivity contribution in [3.63, 3.8) is 0 Å². The molecule has 1 fully saturated rings. The molecule has 1 saturated carbocycles. The lowest BCUT2D eigenvalue weighted by Gasteiger charge is -2.17. The summed E-state index contributed by atoms with van der Waals surface area (Å²) in [7, 11) is 0. The molecule has 0 aliphatic heterocycles. The van der Waals surface area contributed by atoms with E-state index in [0.717, 1.165) is 23.9 Å². The fourth-order valence-corrected chi connectivity index (χ4v) is 3.59. The van der Waals surface area contributed by atoms with E-state index >= 15 is 0 Å². The van der Waals surface area contributed by atoms with Gasteiger partial charge in [-0.05, 0) is 44.7 Å². The maximum absolute atomic E-state index is 13.0. The average Bonchev–Trinajstić information content (AvgIpc) is 3.26. The molecule has 1 aromatic carbocycles. The molecule has 6 nitrogen and oxygen atoms in total. The van der Waals surface area contributed by atoms with Crippen LogP contribution in [0.5, 0.6) is 0 Å². The van der Waals surface area contributed by atoms with Crippen molar-refractivity contribution in [1.29, 1.82) is 0 Å². The number of carbonyl (C=O) groups excluding carboxylic acids is 1. The molecule has 1 unspecified atom stereocenters. The van der Waals surface area contributed by atoms with Gasteiger partial charge in [0.1, 0.15) is 11.3 Å². The molecule has 2 N–H and O–H groups in total. The fraction of sp³-hybridized carbons (Fsp3) is 0.389. The molecule has 1 atom stereocenters. The minimum atomic E-state index is -0.440. The van der Waals surface area contributed by atoms with E-state index < -0.39 is 5.92 Å². The summed E-state index contributed by atoms with van der Waals surface area (Å²) in [6.45, 7) is 3.97. The van der Waals surface area contributed by atoms with Crippen LogP contribution < -0.4 is 11.3 Å². The second kappa shape index (κ2) is 5.19. The number of benzene rings is 1. The van der Waals surface area contributed by atoms with Gasteiger partial charge in [0.25, 0.3) is 5.56 Å². The van der Waals surface area contributed by atoms with Crippen LogP contribution in [0, 0.1) is 5.92 Å². The smallest absolute Gasteiger partial charge is 0.277 e. The zero-order valence-corrected chi connectivity index (χ0v) is 13.8. The third-order valence-electron chi connectivity index (χ3n) is 4.80. The van der Waals surface area contributed by atoms with Gasteiger partial charge >= 0.3 is 0 Å². The third kappa shape index (κ3) is 2.06. The molecular formula is C18H20N4O2. The van der Waals surface area contributed by atoms with E-state index in [0.29, 0.717) is 11.3 Å². The number of hydrogen-bond donors (Lipinski definition) is 1. The average molecular weight is 324 g/mol. The zero-order chi connectivity index (χ0) is 17.0. The molecule has 1 aliphatic carbocycles. The number of carbonyl (C=O) groups is 1. The molecule has 4 rings (SSSR count). The van der Waals surface area contributed by atoms with Gasteiger partial charge in [-0.1, -0.05) is 12.1 Å². The molecule has 2 aromatic heterocycles. The maximum atomic E-state index is 13.0. The second-order valence-electron chi connectivity index (χ2n) is 6.81. The van der Waals surface area contributed by atoms with Gasteiger partial charge in [0.2, 0.25) is 5.91 Å². The molecule has 0 saturated heterocycles. The van der Waals surface area contributed by atoms with Gasteiger partial charge in [0.15, 0.2) is 0 Å². The zero-order valence-electron chi connectivity index (χ0n) is 13.8. The van der Waals surface area contributed by atoms with Crippen LogP contribution in [0.2, 0.25) is 0 Å². The Hall–Kier alpha value is -2.63. The predicted octanol–water partition coefficient (Wildman–Crippen LogP) is 2.21. The molecule has 24 heavy (non-hydrogen) atoms. The molecule has 0 bridgehead atoms. The molecule has 0 radical (unpaired) electrons. The quantitative estimate of drug-likeness (QED) is 0.799. The van der Waals surface area contributed by atoms with E-state index in [1.807, 2.05) is 42.5 Å². The van der Waals surface area contributed by atoms with Crippen LogP contribution >= 0.6 is 0 Å². The number of rotatable bonds is 4. The molecule has 6 heteroatoms. The van der Waals surface area contributed by atoms with E-state index in [4.69, 9.17) is 5.73 Å². The summed E-state index contributed by atoms with van der Waals surface area (Å²) in [5, 5.41) is 0. The van der Waals surface area contributed by atoms with E-state index in [2.05, 4.69) is 4.98 Å². The number of nitrogens with zero attached hydrogens (tertiary/aromatic N) is 3. The number of nitrogens with two attached hydrogens (primary N) is 1. The largest absolute Gasteiger partial charge is 0.369 e. The summed E-state index contributed by atoms with van der Waals surface area (Å²) in [5.74, 6) is 0.0101. The number of para-hydroxylation sites is 2. The monoisotopic (exact) mass is 324 g/mol. The summed E-state index contributed by atoms with van der Waals surface area (Å²) < 4.78 is 3.59. The second-order valence-corrected chi connectivity index (χ2v) is 6.81. The van der Waals surface area contributed by atoms with Crippen molar-refractivity contribution < 1.29 is 4.79 Å². The normalized spacial score (nSPS) is 16.1. The van der Waals surface area contributed by atoms with Gasteiger partial charge in [0.05, 0.1) is 23.1 Å². The highest BCUT2D eigenvalue weighted by Gasteiger charge is 2.39. The lowest BCUT2D eigenvalue weighted by atomic mass is 10.0. The first-order chi connectivity index (χ1) is 11.5. The number of fused-ring (bicyclic) bond motifs is 3. The van der Waals surface area contributed by atoms with Crippen molar-refractivity contribution >= 4 is 22.5 Å². The predicted molar refractivity (Wildman–Crippen MR) is 92.0 cm³/mol. The first-order valence-electron chi connectivity index (χ1n) is 8.30. The molecule has 1 amide bonds. The highest BCUT2D eigenvalue weighted by molar-refractivity contribution is 5.84. The van der Waals surface area contributed by atoms with Gasteiger partial charge in [0, 0.05) is 6.04 Å². The van der Waals surface area contributed by atoms with E-state index in [1.165, 1.54) is 0 Å². The molecule has 1 aliphatic rings. The van der Waals surface area contributed by atoms with Gasteiger partial charge < -0.3 is 10.3 Å². The van der Waals surface area contributed by atoms with Crippen molar-refractivity contribution in [3.05, 3.63) is 46.6 Å². The minimum absolute atomic E-state index is 0.0288. The summed E-state index contributed by atoms with van der Waals surface area (Å²) in [5.41, 5.74) is 7.75. The number of aromatic nitrogens is 3. The first kappa shape index (κ1) is 14.9. The lowest BCUT2D eigenvalue weighted by Crippen LogP contribution is -2.27. The van der Waals surface area contributed by atoms with Gasteiger partial charge in [-0.15, -0.1) is 0 Å². The summed E-state index contributed by atoms with van der Waals surface area (Å²) in [6, 6.07) is 7.75. The Bertz CT molecular complexity index is 1010. The molecule has 2 heterocycles. The van der Waals surface area contributed by atoms with Crippen LogP contribution in [0.4, 0.5) is 0 Å². The van der Waals surface area contributed by atoms with Crippen LogP contribution in [-0.4, -0.2) is 19.9 Å². The SMILES string of the molecule is CC(C)n1c(=O)c2cnc(C(C(N)=O)C3CC3)n2c2ccccc21. The Morgan fingerprint density at radius 2 is 1.88 bits per heavy atom. The van der Waals surface area contributed by atoms with Gasteiger partial charge in [-0.25, -0.2) is 4.98 Å². The van der Waals surface area contributed by atoms with Crippen molar-refractivity contribution in [2.45, 2.75) is 38.6 Å². The molecular weight excluding hydrogens is 304 g/mol. The Labute approximate surface area is 138 Å². The standard InChI is InChI=1S/C18H20N4O2/c1-10(2)21-12-5-3-4-6-13(12)22-14(18(21)24)9-20-17(22)15(16(19)23)11-7-8-11/h3-6,9-11,15H,7-8H2,1-2H3,(H2,19,23). The van der Waals surface area contributed by atoms with Gasteiger partial charge in [-0.2, -0.15) is 0 Å². The molecule has 124 valence electrons. The lowest BCUT2D eigenvalue weighted by molar-refractivity contribution is -0.120. The Morgan fingerprint density at radius 1 is 1.21 bits per heavy atom. The van der Waals surface area contributed by atoms with Crippen LogP contribution in [0.15, 0.2) is 35.3 Å².